The fourth-order valence-corrected chi connectivity index (χ4v) is 1.54. The van der Waals surface area contributed by atoms with Crippen LogP contribution >= 0.6 is 0 Å². The van der Waals surface area contributed by atoms with E-state index in [2.05, 4.69) is 29.8 Å². The summed E-state index contributed by atoms with van der Waals surface area (Å²) in [5.41, 5.74) is 7.82. The van der Waals surface area contributed by atoms with Crippen molar-refractivity contribution in [2.75, 3.05) is 24.5 Å². The fraction of sp³-hybridized carbons (Fsp3) is 0.545. The summed E-state index contributed by atoms with van der Waals surface area (Å²) >= 11 is 0. The third kappa shape index (κ3) is 2.70. The van der Waals surface area contributed by atoms with E-state index in [-0.39, 0.29) is 0 Å². The number of anilines is 1. The van der Waals surface area contributed by atoms with Gasteiger partial charge in [-0.05, 0) is 32.5 Å². The number of pyridine rings is 1. The van der Waals surface area contributed by atoms with Crippen LogP contribution in [0.3, 0.4) is 0 Å². The Morgan fingerprint density at radius 2 is 2.07 bits per heavy atom. The van der Waals surface area contributed by atoms with Gasteiger partial charge in [-0.1, -0.05) is 0 Å². The highest BCUT2D eigenvalue weighted by atomic mass is 15.1. The largest absolute Gasteiger partial charge is 0.372 e. The number of nitrogens with two attached hydrogens (primary N) is 1. The van der Waals surface area contributed by atoms with Crippen molar-refractivity contribution in [3.05, 3.63) is 24.0 Å². The lowest BCUT2D eigenvalue weighted by molar-refractivity contribution is 0.855. The maximum absolute atomic E-state index is 5.50. The Morgan fingerprint density at radius 1 is 1.36 bits per heavy atom. The number of rotatable bonds is 5. The summed E-state index contributed by atoms with van der Waals surface area (Å²) in [4.78, 5) is 6.58. The van der Waals surface area contributed by atoms with E-state index >= 15 is 0 Å². The highest BCUT2D eigenvalue weighted by Crippen LogP contribution is 2.13. The quantitative estimate of drug-likeness (QED) is 0.769. The summed E-state index contributed by atoms with van der Waals surface area (Å²) in [5.74, 6) is 0. The third-order valence-corrected chi connectivity index (χ3v) is 2.33. The Kier molecular flexibility index (Phi) is 4.40. The van der Waals surface area contributed by atoms with Crippen molar-refractivity contribution >= 4 is 5.69 Å². The second kappa shape index (κ2) is 5.60. The zero-order chi connectivity index (χ0) is 10.4. The Morgan fingerprint density at radius 3 is 2.64 bits per heavy atom. The molecule has 0 saturated heterocycles. The van der Waals surface area contributed by atoms with Crippen molar-refractivity contribution < 1.29 is 0 Å². The van der Waals surface area contributed by atoms with Gasteiger partial charge in [-0.3, -0.25) is 4.98 Å². The molecule has 0 spiro atoms. The second-order valence-corrected chi connectivity index (χ2v) is 3.22. The zero-order valence-corrected chi connectivity index (χ0v) is 9.03. The summed E-state index contributed by atoms with van der Waals surface area (Å²) in [5, 5.41) is 0. The molecule has 1 heterocycles. The van der Waals surface area contributed by atoms with Crippen molar-refractivity contribution in [2.45, 2.75) is 20.3 Å². The molecule has 14 heavy (non-hydrogen) atoms. The first-order valence-corrected chi connectivity index (χ1v) is 5.21. The average Bonchev–Trinajstić information content (AvgIpc) is 2.21. The SMILES string of the molecule is CCN(CC)c1ccnc(CCN)c1. The monoisotopic (exact) mass is 193 g/mol. The Bertz CT molecular complexity index is 269. The molecule has 0 fully saturated rings. The lowest BCUT2D eigenvalue weighted by atomic mass is 10.2. The molecule has 3 heteroatoms. The van der Waals surface area contributed by atoms with Gasteiger partial charge in [0.05, 0.1) is 0 Å². The van der Waals surface area contributed by atoms with E-state index in [0.717, 1.165) is 25.2 Å². The number of hydrogen-bond donors (Lipinski definition) is 1. The molecule has 1 aromatic rings. The number of aromatic nitrogens is 1. The van der Waals surface area contributed by atoms with E-state index < -0.39 is 0 Å². The van der Waals surface area contributed by atoms with Crippen LogP contribution in [-0.2, 0) is 6.42 Å². The molecule has 3 nitrogen and oxygen atoms in total. The third-order valence-electron chi connectivity index (χ3n) is 2.33. The van der Waals surface area contributed by atoms with Gasteiger partial charge in [-0.15, -0.1) is 0 Å². The average molecular weight is 193 g/mol. The smallest absolute Gasteiger partial charge is 0.0436 e. The molecule has 78 valence electrons. The predicted octanol–water partition coefficient (Wildman–Crippen LogP) is 1.43. The molecule has 1 rings (SSSR count). The number of hydrogen-bond acceptors (Lipinski definition) is 3. The van der Waals surface area contributed by atoms with Crippen molar-refractivity contribution in [2.24, 2.45) is 5.73 Å². The van der Waals surface area contributed by atoms with Crippen LogP contribution in [0.2, 0.25) is 0 Å². The van der Waals surface area contributed by atoms with Crippen molar-refractivity contribution in [1.82, 2.24) is 4.98 Å². The van der Waals surface area contributed by atoms with E-state index in [1.54, 1.807) is 0 Å². The van der Waals surface area contributed by atoms with Crippen LogP contribution in [0.5, 0.6) is 0 Å². The predicted molar refractivity (Wildman–Crippen MR) is 60.6 cm³/mol. The Labute approximate surface area is 85.9 Å². The molecule has 0 amide bonds. The van der Waals surface area contributed by atoms with Gasteiger partial charge in [0.2, 0.25) is 0 Å². The van der Waals surface area contributed by atoms with Crippen LogP contribution in [0.25, 0.3) is 0 Å². The highest BCUT2D eigenvalue weighted by molar-refractivity contribution is 5.46. The van der Waals surface area contributed by atoms with Crippen LogP contribution < -0.4 is 10.6 Å². The van der Waals surface area contributed by atoms with Crippen LogP contribution in [0.1, 0.15) is 19.5 Å². The fourth-order valence-electron chi connectivity index (χ4n) is 1.54. The van der Waals surface area contributed by atoms with Crippen molar-refractivity contribution in [3.63, 3.8) is 0 Å². The molecular formula is C11H19N3. The first kappa shape index (κ1) is 11.0. The summed E-state index contributed by atoms with van der Waals surface area (Å²) in [6.07, 6.45) is 2.72. The van der Waals surface area contributed by atoms with Gasteiger partial charge in [-0.25, -0.2) is 0 Å². The second-order valence-electron chi connectivity index (χ2n) is 3.22. The van der Waals surface area contributed by atoms with E-state index in [4.69, 9.17) is 5.73 Å². The molecule has 0 atom stereocenters. The van der Waals surface area contributed by atoms with E-state index in [9.17, 15) is 0 Å². The minimum atomic E-state index is 0.661. The van der Waals surface area contributed by atoms with E-state index in [0.29, 0.717) is 6.54 Å². The van der Waals surface area contributed by atoms with Gasteiger partial charge in [0.25, 0.3) is 0 Å². The van der Waals surface area contributed by atoms with E-state index in [1.807, 2.05) is 12.3 Å². The van der Waals surface area contributed by atoms with Gasteiger partial charge in [-0.2, -0.15) is 0 Å². The molecule has 0 saturated carbocycles. The molecule has 0 radical (unpaired) electrons. The summed E-state index contributed by atoms with van der Waals surface area (Å²) < 4.78 is 0. The standard InChI is InChI=1S/C11H19N3/c1-3-14(4-2)11-6-8-13-10(9-11)5-7-12/h6,8-9H,3-5,7,12H2,1-2H3. The molecule has 0 aliphatic carbocycles. The van der Waals surface area contributed by atoms with Gasteiger partial charge >= 0.3 is 0 Å². The van der Waals surface area contributed by atoms with Gasteiger partial charge in [0.1, 0.15) is 0 Å². The summed E-state index contributed by atoms with van der Waals surface area (Å²) in [7, 11) is 0. The van der Waals surface area contributed by atoms with Crippen molar-refractivity contribution in [1.29, 1.82) is 0 Å². The molecule has 0 unspecified atom stereocenters. The molecular weight excluding hydrogens is 174 g/mol. The first-order chi connectivity index (χ1) is 6.81. The summed E-state index contributed by atoms with van der Waals surface area (Å²) in [6.45, 7) is 7.04. The highest BCUT2D eigenvalue weighted by Gasteiger charge is 2.02. The molecule has 1 aromatic heterocycles. The van der Waals surface area contributed by atoms with Crippen LogP contribution in [0.15, 0.2) is 18.3 Å². The van der Waals surface area contributed by atoms with Gasteiger partial charge < -0.3 is 10.6 Å². The Hall–Kier alpha value is -1.09. The molecule has 0 aromatic carbocycles. The van der Waals surface area contributed by atoms with Crippen molar-refractivity contribution in [3.8, 4) is 0 Å². The maximum atomic E-state index is 5.50. The van der Waals surface area contributed by atoms with Crippen LogP contribution in [0.4, 0.5) is 5.69 Å². The lowest BCUT2D eigenvalue weighted by Crippen LogP contribution is -2.22. The number of nitrogens with zero attached hydrogens (tertiary/aromatic N) is 2. The Balaban J connectivity index is 2.81. The zero-order valence-electron chi connectivity index (χ0n) is 9.03. The topological polar surface area (TPSA) is 42.2 Å². The minimum absolute atomic E-state index is 0.661. The first-order valence-electron chi connectivity index (χ1n) is 5.21. The lowest BCUT2D eigenvalue weighted by Gasteiger charge is -2.21. The minimum Gasteiger partial charge on any atom is -0.372 e. The van der Waals surface area contributed by atoms with Crippen LogP contribution in [0, 0.1) is 0 Å². The maximum Gasteiger partial charge on any atom is 0.0436 e. The normalized spacial score (nSPS) is 10.2. The molecule has 2 N–H and O–H groups in total. The van der Waals surface area contributed by atoms with E-state index in [1.165, 1.54) is 5.69 Å². The van der Waals surface area contributed by atoms with Gasteiger partial charge in [0.15, 0.2) is 0 Å². The summed E-state index contributed by atoms with van der Waals surface area (Å²) in [6, 6.07) is 4.17. The van der Waals surface area contributed by atoms with Crippen LogP contribution in [-0.4, -0.2) is 24.6 Å². The van der Waals surface area contributed by atoms with Gasteiger partial charge in [0, 0.05) is 37.1 Å². The molecule has 0 aliphatic heterocycles. The molecule has 0 bridgehead atoms. The molecule has 0 aliphatic rings.